The second-order valence-corrected chi connectivity index (χ2v) is 5.78. The van der Waals surface area contributed by atoms with E-state index in [4.69, 9.17) is 11.6 Å². The highest BCUT2D eigenvalue weighted by Gasteiger charge is 2.33. The molecule has 1 aliphatic heterocycles. The van der Waals surface area contributed by atoms with E-state index in [0.29, 0.717) is 37.0 Å². The SMILES string of the molecule is FC(F)(F)c1ccnc(N2CCCN(c3ncccc3Cl)CC2)n1. The van der Waals surface area contributed by atoms with E-state index in [1.165, 1.54) is 0 Å². The molecular weight excluding hydrogens is 343 g/mol. The van der Waals surface area contributed by atoms with Crippen molar-refractivity contribution in [2.75, 3.05) is 36.0 Å². The van der Waals surface area contributed by atoms with Gasteiger partial charge in [0.1, 0.15) is 11.5 Å². The van der Waals surface area contributed by atoms with Gasteiger partial charge in [-0.2, -0.15) is 13.2 Å². The molecule has 9 heteroatoms. The second-order valence-electron chi connectivity index (χ2n) is 5.38. The fraction of sp³-hybridized carbons (Fsp3) is 0.400. The van der Waals surface area contributed by atoms with Crippen LogP contribution in [0, 0.1) is 0 Å². The van der Waals surface area contributed by atoms with Gasteiger partial charge in [0, 0.05) is 38.6 Å². The number of hydrogen-bond donors (Lipinski definition) is 0. The lowest BCUT2D eigenvalue weighted by Gasteiger charge is -2.23. The number of pyridine rings is 1. The molecule has 0 unspecified atom stereocenters. The Bertz CT molecular complexity index is 710. The molecule has 128 valence electrons. The van der Waals surface area contributed by atoms with Crippen LogP contribution in [0.25, 0.3) is 0 Å². The smallest absolute Gasteiger partial charge is 0.354 e. The molecule has 0 atom stereocenters. The number of aromatic nitrogens is 3. The van der Waals surface area contributed by atoms with Gasteiger partial charge >= 0.3 is 6.18 Å². The zero-order valence-electron chi connectivity index (χ0n) is 12.7. The van der Waals surface area contributed by atoms with Crippen LogP contribution in [0.5, 0.6) is 0 Å². The summed E-state index contributed by atoms with van der Waals surface area (Å²) in [6.45, 7) is 2.36. The first-order valence-corrected chi connectivity index (χ1v) is 7.83. The lowest BCUT2D eigenvalue weighted by atomic mass is 10.3. The van der Waals surface area contributed by atoms with Crippen molar-refractivity contribution in [2.24, 2.45) is 0 Å². The maximum Gasteiger partial charge on any atom is 0.433 e. The summed E-state index contributed by atoms with van der Waals surface area (Å²) in [5.41, 5.74) is -0.929. The Hall–Kier alpha value is -2.09. The Morgan fingerprint density at radius 2 is 1.71 bits per heavy atom. The Kier molecular flexibility index (Phi) is 4.75. The zero-order chi connectivity index (χ0) is 17.2. The van der Waals surface area contributed by atoms with Crippen LogP contribution in [-0.4, -0.2) is 41.1 Å². The second kappa shape index (κ2) is 6.80. The first-order chi connectivity index (χ1) is 11.4. The molecule has 0 saturated carbocycles. The van der Waals surface area contributed by atoms with E-state index in [2.05, 4.69) is 15.0 Å². The third kappa shape index (κ3) is 3.69. The number of alkyl halides is 3. The minimum Gasteiger partial charge on any atom is -0.354 e. The lowest BCUT2D eigenvalue weighted by molar-refractivity contribution is -0.141. The highest BCUT2D eigenvalue weighted by atomic mass is 35.5. The van der Waals surface area contributed by atoms with Crippen LogP contribution in [-0.2, 0) is 6.18 Å². The van der Waals surface area contributed by atoms with Crippen molar-refractivity contribution < 1.29 is 13.2 Å². The Labute approximate surface area is 142 Å². The van der Waals surface area contributed by atoms with Crippen LogP contribution in [0.4, 0.5) is 24.9 Å². The van der Waals surface area contributed by atoms with Crippen molar-refractivity contribution in [3.63, 3.8) is 0 Å². The highest BCUT2D eigenvalue weighted by molar-refractivity contribution is 6.32. The summed E-state index contributed by atoms with van der Waals surface area (Å²) in [4.78, 5) is 15.7. The van der Waals surface area contributed by atoms with Crippen molar-refractivity contribution in [3.8, 4) is 0 Å². The first kappa shape index (κ1) is 16.8. The van der Waals surface area contributed by atoms with Crippen molar-refractivity contribution >= 4 is 23.4 Å². The lowest BCUT2D eigenvalue weighted by Crippen LogP contribution is -2.32. The molecule has 0 bridgehead atoms. The molecule has 0 radical (unpaired) electrons. The Morgan fingerprint density at radius 1 is 0.958 bits per heavy atom. The summed E-state index contributed by atoms with van der Waals surface area (Å²) in [6.07, 6.45) is -0.924. The van der Waals surface area contributed by atoms with Crippen LogP contribution in [0.1, 0.15) is 12.1 Å². The van der Waals surface area contributed by atoms with Gasteiger partial charge in [-0.25, -0.2) is 15.0 Å². The number of nitrogens with zero attached hydrogens (tertiary/aromatic N) is 5. The summed E-state index contributed by atoms with van der Waals surface area (Å²) in [5, 5.41) is 0.557. The molecule has 1 saturated heterocycles. The largest absolute Gasteiger partial charge is 0.433 e. The molecule has 3 heterocycles. The van der Waals surface area contributed by atoms with Crippen LogP contribution in [0.3, 0.4) is 0 Å². The maximum atomic E-state index is 12.8. The van der Waals surface area contributed by atoms with Gasteiger partial charge in [-0.1, -0.05) is 11.6 Å². The van der Waals surface area contributed by atoms with E-state index in [-0.39, 0.29) is 5.95 Å². The Morgan fingerprint density at radius 3 is 2.46 bits per heavy atom. The zero-order valence-corrected chi connectivity index (χ0v) is 13.4. The molecule has 5 nitrogen and oxygen atoms in total. The van der Waals surface area contributed by atoms with E-state index in [1.54, 1.807) is 23.2 Å². The molecule has 24 heavy (non-hydrogen) atoms. The molecule has 2 aromatic rings. The van der Waals surface area contributed by atoms with E-state index >= 15 is 0 Å². The summed E-state index contributed by atoms with van der Waals surface area (Å²) in [7, 11) is 0. The topological polar surface area (TPSA) is 45.2 Å². The summed E-state index contributed by atoms with van der Waals surface area (Å²) < 4.78 is 38.4. The van der Waals surface area contributed by atoms with E-state index < -0.39 is 11.9 Å². The average Bonchev–Trinajstić information content (AvgIpc) is 2.81. The van der Waals surface area contributed by atoms with Crippen molar-refractivity contribution in [2.45, 2.75) is 12.6 Å². The molecule has 0 N–H and O–H groups in total. The number of rotatable bonds is 2. The van der Waals surface area contributed by atoms with E-state index in [9.17, 15) is 13.2 Å². The van der Waals surface area contributed by atoms with Gasteiger partial charge in [0.2, 0.25) is 5.95 Å². The summed E-state index contributed by atoms with van der Waals surface area (Å²) in [6, 6.07) is 4.40. The molecule has 0 aliphatic carbocycles. The standard InChI is InChI=1S/C15H15ClF3N5/c16-11-3-1-5-20-13(11)23-7-2-8-24(10-9-23)14-21-6-4-12(22-14)15(17,18)19/h1,3-6H,2,7-10H2. The Balaban J connectivity index is 1.76. The molecule has 1 fully saturated rings. The van der Waals surface area contributed by atoms with E-state index in [1.807, 2.05) is 4.90 Å². The van der Waals surface area contributed by atoms with Gasteiger partial charge in [0.05, 0.1) is 5.02 Å². The molecule has 2 aromatic heterocycles. The molecule has 0 spiro atoms. The van der Waals surface area contributed by atoms with Crippen molar-refractivity contribution in [3.05, 3.63) is 41.3 Å². The minimum absolute atomic E-state index is 0.0961. The van der Waals surface area contributed by atoms with Crippen LogP contribution in [0.2, 0.25) is 5.02 Å². The number of halogens is 4. The molecule has 0 amide bonds. The molecule has 0 aromatic carbocycles. The highest BCUT2D eigenvalue weighted by Crippen LogP contribution is 2.28. The predicted octanol–water partition coefficient (Wildman–Crippen LogP) is 3.26. The van der Waals surface area contributed by atoms with Crippen LogP contribution >= 0.6 is 11.6 Å². The predicted molar refractivity (Wildman–Crippen MR) is 85.3 cm³/mol. The van der Waals surface area contributed by atoms with E-state index in [0.717, 1.165) is 18.7 Å². The van der Waals surface area contributed by atoms with Gasteiger partial charge in [-0.15, -0.1) is 0 Å². The summed E-state index contributed by atoms with van der Waals surface area (Å²) >= 11 is 6.17. The fourth-order valence-electron chi connectivity index (χ4n) is 2.60. The quantitative estimate of drug-likeness (QED) is 0.825. The normalized spacial score (nSPS) is 16.2. The maximum absolute atomic E-state index is 12.8. The monoisotopic (exact) mass is 357 g/mol. The van der Waals surface area contributed by atoms with Gasteiger partial charge < -0.3 is 9.80 Å². The third-order valence-electron chi connectivity index (χ3n) is 3.75. The third-order valence-corrected chi connectivity index (χ3v) is 4.05. The fourth-order valence-corrected chi connectivity index (χ4v) is 2.84. The summed E-state index contributed by atoms with van der Waals surface area (Å²) in [5.74, 6) is 0.782. The van der Waals surface area contributed by atoms with Crippen molar-refractivity contribution in [1.29, 1.82) is 0 Å². The average molecular weight is 358 g/mol. The van der Waals surface area contributed by atoms with Gasteiger partial charge in [-0.3, -0.25) is 0 Å². The number of anilines is 2. The van der Waals surface area contributed by atoms with Gasteiger partial charge in [0.25, 0.3) is 0 Å². The van der Waals surface area contributed by atoms with Gasteiger partial charge in [0.15, 0.2) is 0 Å². The van der Waals surface area contributed by atoms with Crippen LogP contribution < -0.4 is 9.80 Å². The van der Waals surface area contributed by atoms with Crippen LogP contribution in [0.15, 0.2) is 30.6 Å². The molecule has 3 rings (SSSR count). The van der Waals surface area contributed by atoms with Gasteiger partial charge in [-0.05, 0) is 24.6 Å². The first-order valence-electron chi connectivity index (χ1n) is 7.46. The molecule has 1 aliphatic rings. The number of hydrogen-bond acceptors (Lipinski definition) is 5. The molecular formula is C15H15ClF3N5. The van der Waals surface area contributed by atoms with Crippen molar-refractivity contribution in [1.82, 2.24) is 15.0 Å². The minimum atomic E-state index is -4.48.